The molecule has 1 aromatic rings. The highest BCUT2D eigenvalue weighted by molar-refractivity contribution is 7.91. The number of ether oxygens (including phenoxy) is 2. The zero-order valence-corrected chi connectivity index (χ0v) is 15.5. The molecule has 0 spiro atoms. The Kier molecular flexibility index (Phi) is 7.93. The van der Waals surface area contributed by atoms with Gasteiger partial charge >= 0.3 is 11.9 Å². The highest BCUT2D eigenvalue weighted by Crippen LogP contribution is 2.27. The minimum absolute atomic E-state index is 0.0186. The van der Waals surface area contributed by atoms with E-state index in [4.69, 9.17) is 9.47 Å². The maximum Gasteiger partial charge on any atom is 0.347 e. The summed E-state index contributed by atoms with van der Waals surface area (Å²) in [6, 6.07) is 0. The molecule has 0 bridgehead atoms. The fourth-order valence-electron chi connectivity index (χ4n) is 1.78. The van der Waals surface area contributed by atoms with Gasteiger partial charge in [-0.25, -0.2) is 18.0 Å². The fraction of sp³-hybridized carbons (Fsp3) is 0.467. The Morgan fingerprint density at radius 3 is 2.21 bits per heavy atom. The zero-order valence-electron chi connectivity index (χ0n) is 13.8. The molecule has 0 atom stereocenters. The van der Waals surface area contributed by atoms with Crippen LogP contribution in [0.2, 0.25) is 0 Å². The maximum absolute atomic E-state index is 12.2. The van der Waals surface area contributed by atoms with Crippen molar-refractivity contribution in [2.45, 2.75) is 32.1 Å². The molecule has 0 aliphatic rings. The monoisotopic (exact) mass is 375 g/mol. The van der Waals surface area contributed by atoms with E-state index in [-0.39, 0.29) is 29.4 Å². The molecule has 0 aliphatic carbocycles. The van der Waals surface area contributed by atoms with Crippen LogP contribution in [0.25, 0.3) is 0 Å². The summed E-state index contributed by atoms with van der Waals surface area (Å²) in [7, 11) is -3.42. The first kappa shape index (κ1) is 20.2. The molecule has 0 fully saturated rings. The Balaban J connectivity index is 3.09. The summed E-state index contributed by atoms with van der Waals surface area (Å²) < 4.78 is 34.0. The lowest BCUT2D eigenvalue weighted by Gasteiger charge is -2.08. The molecule has 9 heteroatoms. The van der Waals surface area contributed by atoms with E-state index in [2.05, 4.69) is 5.32 Å². The minimum atomic E-state index is -3.42. The van der Waals surface area contributed by atoms with Crippen molar-refractivity contribution in [3.05, 3.63) is 22.5 Å². The van der Waals surface area contributed by atoms with Crippen LogP contribution in [-0.2, 0) is 28.9 Å². The highest BCUT2D eigenvalue weighted by atomic mass is 32.2. The number of thiophene rings is 1. The van der Waals surface area contributed by atoms with E-state index < -0.39 is 21.8 Å². The van der Waals surface area contributed by atoms with Gasteiger partial charge in [-0.3, -0.25) is 0 Å². The van der Waals surface area contributed by atoms with E-state index in [0.29, 0.717) is 12.1 Å². The largest absolute Gasteiger partial charge is 0.462 e. The van der Waals surface area contributed by atoms with Gasteiger partial charge in [0.1, 0.15) is 4.90 Å². The summed E-state index contributed by atoms with van der Waals surface area (Å²) in [4.78, 5) is 23.8. The first-order valence-corrected chi connectivity index (χ1v) is 10.1. The third-order valence-electron chi connectivity index (χ3n) is 2.80. The smallest absolute Gasteiger partial charge is 0.347 e. The normalized spacial score (nSPS) is 10.8. The zero-order chi connectivity index (χ0) is 18.2. The van der Waals surface area contributed by atoms with E-state index in [1.807, 2.05) is 0 Å². The molecule has 24 heavy (non-hydrogen) atoms. The number of sulfone groups is 1. The number of nitrogens with one attached hydrogen (secondary N) is 1. The van der Waals surface area contributed by atoms with Crippen LogP contribution in [0.5, 0.6) is 0 Å². The number of hydrogen-bond donors (Lipinski definition) is 1. The number of esters is 2. The van der Waals surface area contributed by atoms with Gasteiger partial charge in [-0.05, 0) is 20.3 Å². The van der Waals surface area contributed by atoms with Crippen LogP contribution in [-0.4, -0.2) is 39.3 Å². The van der Waals surface area contributed by atoms with Crippen molar-refractivity contribution >= 4 is 38.8 Å². The van der Waals surface area contributed by atoms with Crippen molar-refractivity contribution in [1.82, 2.24) is 0 Å². The average Bonchev–Trinajstić information content (AvgIpc) is 2.97. The summed E-state index contributed by atoms with van der Waals surface area (Å²) in [6.07, 6.45) is 1.60. The molecule has 7 nitrogen and oxygen atoms in total. The molecule has 1 heterocycles. The van der Waals surface area contributed by atoms with Crippen LogP contribution < -0.4 is 5.32 Å². The van der Waals surface area contributed by atoms with Gasteiger partial charge in [0, 0.05) is 17.0 Å². The van der Waals surface area contributed by atoms with E-state index in [1.54, 1.807) is 26.2 Å². The van der Waals surface area contributed by atoms with Crippen LogP contribution in [0.1, 0.15) is 27.2 Å². The Bertz CT molecular complexity index is 685. The lowest BCUT2D eigenvalue weighted by atomic mass is 10.3. The molecule has 0 saturated heterocycles. The van der Waals surface area contributed by atoms with Gasteiger partial charge in [-0.15, -0.1) is 11.3 Å². The molecule has 1 aromatic heterocycles. The Hall–Kier alpha value is -1.87. The SMILES string of the molecule is CCCS(=O)(=O)c1cscc1NC=C(C(=O)OCC)C(=O)OCC. The second-order valence-corrected chi connectivity index (χ2v) is 7.43. The standard InChI is InChI=1S/C15H21NO6S2/c1-4-7-24(19,20)13-10-23-9-12(13)16-8-11(14(17)21-5-2)15(18)22-6-3/h8-10,16H,4-7H2,1-3H3. The lowest BCUT2D eigenvalue weighted by molar-refractivity contribution is -0.146. The van der Waals surface area contributed by atoms with Crippen molar-refractivity contribution in [2.24, 2.45) is 0 Å². The second-order valence-electron chi connectivity index (χ2n) is 4.61. The number of hydrogen-bond acceptors (Lipinski definition) is 8. The van der Waals surface area contributed by atoms with Gasteiger partial charge < -0.3 is 14.8 Å². The van der Waals surface area contributed by atoms with Crippen molar-refractivity contribution < 1.29 is 27.5 Å². The molecular formula is C15H21NO6S2. The summed E-state index contributed by atoms with van der Waals surface area (Å²) >= 11 is 1.20. The molecule has 134 valence electrons. The molecule has 0 aromatic carbocycles. The van der Waals surface area contributed by atoms with Crippen molar-refractivity contribution in [2.75, 3.05) is 24.3 Å². The average molecular weight is 375 g/mol. The van der Waals surface area contributed by atoms with Gasteiger partial charge in [0.25, 0.3) is 0 Å². The number of anilines is 1. The first-order chi connectivity index (χ1) is 11.4. The first-order valence-electron chi connectivity index (χ1n) is 7.47. The Morgan fingerprint density at radius 2 is 1.71 bits per heavy atom. The van der Waals surface area contributed by atoms with Gasteiger partial charge in [-0.2, -0.15) is 0 Å². The van der Waals surface area contributed by atoms with Crippen LogP contribution >= 0.6 is 11.3 Å². The van der Waals surface area contributed by atoms with E-state index in [9.17, 15) is 18.0 Å². The third-order valence-corrected chi connectivity index (χ3v) is 5.64. The van der Waals surface area contributed by atoms with Gasteiger partial charge in [0.05, 0.1) is 24.7 Å². The van der Waals surface area contributed by atoms with Gasteiger partial charge in [-0.1, -0.05) is 6.92 Å². The predicted octanol–water partition coefficient (Wildman–Crippen LogP) is 2.35. The van der Waals surface area contributed by atoms with Gasteiger partial charge in [0.2, 0.25) is 0 Å². The summed E-state index contributed by atoms with van der Waals surface area (Å²) in [5, 5.41) is 5.80. The summed E-state index contributed by atoms with van der Waals surface area (Å²) in [6.45, 7) is 5.20. The van der Waals surface area contributed by atoms with Crippen LogP contribution in [0.3, 0.4) is 0 Å². The number of carbonyl (C=O) groups excluding carboxylic acids is 2. The molecule has 0 amide bonds. The number of rotatable bonds is 9. The van der Waals surface area contributed by atoms with Crippen molar-refractivity contribution in [3.63, 3.8) is 0 Å². The Morgan fingerprint density at radius 1 is 1.12 bits per heavy atom. The molecule has 0 radical (unpaired) electrons. The summed E-state index contributed by atoms with van der Waals surface area (Å²) in [5.74, 6) is -1.65. The Labute approximate surface area is 145 Å². The molecule has 1 rings (SSSR count). The molecule has 0 aliphatic heterocycles. The topological polar surface area (TPSA) is 98.8 Å². The highest BCUT2D eigenvalue weighted by Gasteiger charge is 2.22. The summed E-state index contributed by atoms with van der Waals surface area (Å²) in [5.41, 5.74) is -0.0247. The quantitative estimate of drug-likeness (QED) is 0.306. The molecule has 0 unspecified atom stereocenters. The molecule has 0 saturated carbocycles. The van der Waals surface area contributed by atoms with Crippen molar-refractivity contribution in [1.29, 1.82) is 0 Å². The van der Waals surface area contributed by atoms with E-state index in [1.165, 1.54) is 16.7 Å². The van der Waals surface area contributed by atoms with E-state index in [0.717, 1.165) is 6.20 Å². The maximum atomic E-state index is 12.2. The lowest BCUT2D eigenvalue weighted by Crippen LogP contribution is -2.19. The molecule has 1 N–H and O–H groups in total. The fourth-order valence-corrected chi connectivity index (χ4v) is 4.47. The minimum Gasteiger partial charge on any atom is -0.462 e. The number of carbonyl (C=O) groups is 2. The predicted molar refractivity (Wildman–Crippen MR) is 91.6 cm³/mol. The molecular weight excluding hydrogens is 354 g/mol. The van der Waals surface area contributed by atoms with Gasteiger partial charge in [0.15, 0.2) is 15.4 Å². The third kappa shape index (κ3) is 5.34. The second kappa shape index (κ2) is 9.43. The van der Waals surface area contributed by atoms with Crippen LogP contribution in [0, 0.1) is 0 Å². The van der Waals surface area contributed by atoms with Crippen LogP contribution in [0.15, 0.2) is 27.4 Å². The van der Waals surface area contributed by atoms with E-state index >= 15 is 0 Å². The van der Waals surface area contributed by atoms with Crippen molar-refractivity contribution in [3.8, 4) is 0 Å². The van der Waals surface area contributed by atoms with Crippen LogP contribution in [0.4, 0.5) is 5.69 Å².